The molecule has 5 nitrogen and oxygen atoms in total. The molecule has 0 aromatic carbocycles. The zero-order valence-electron chi connectivity index (χ0n) is 12.4. The van der Waals surface area contributed by atoms with Gasteiger partial charge in [0.25, 0.3) is 0 Å². The van der Waals surface area contributed by atoms with Gasteiger partial charge in [0.1, 0.15) is 6.04 Å². The molecule has 1 unspecified atom stereocenters. The maximum Gasteiger partial charge on any atom is 0.242 e. The highest BCUT2D eigenvalue weighted by Crippen LogP contribution is 2.18. The molecule has 2 heterocycles. The number of morpholine rings is 1. The van der Waals surface area contributed by atoms with Crippen LogP contribution in [-0.2, 0) is 9.53 Å². The van der Waals surface area contributed by atoms with Crippen molar-refractivity contribution >= 4 is 5.91 Å². The number of amides is 1. The molecule has 0 saturated carbocycles. The SMILES string of the molecule is CC(C)N1CCC(N(C)C(=O)C2COCCN2)CC1. The summed E-state index contributed by atoms with van der Waals surface area (Å²) in [5.41, 5.74) is 0. The summed E-state index contributed by atoms with van der Waals surface area (Å²) in [6.45, 7) is 8.64. The lowest BCUT2D eigenvalue weighted by atomic mass is 10.0. The van der Waals surface area contributed by atoms with Gasteiger partial charge in [0.15, 0.2) is 0 Å². The predicted octanol–water partition coefficient (Wildman–Crippen LogP) is 0.306. The van der Waals surface area contributed by atoms with Crippen LogP contribution < -0.4 is 5.32 Å². The summed E-state index contributed by atoms with van der Waals surface area (Å²) in [5.74, 6) is 0.183. The zero-order valence-corrected chi connectivity index (χ0v) is 12.4. The summed E-state index contributed by atoms with van der Waals surface area (Å²) >= 11 is 0. The van der Waals surface area contributed by atoms with E-state index >= 15 is 0 Å². The highest BCUT2D eigenvalue weighted by Gasteiger charge is 2.30. The quantitative estimate of drug-likeness (QED) is 0.801. The van der Waals surface area contributed by atoms with Gasteiger partial charge in [0, 0.05) is 38.8 Å². The van der Waals surface area contributed by atoms with Crippen LogP contribution in [0.5, 0.6) is 0 Å². The number of ether oxygens (including phenoxy) is 1. The smallest absolute Gasteiger partial charge is 0.242 e. The van der Waals surface area contributed by atoms with Crippen molar-refractivity contribution in [3.63, 3.8) is 0 Å². The van der Waals surface area contributed by atoms with Crippen LogP contribution in [0.15, 0.2) is 0 Å². The van der Waals surface area contributed by atoms with Crippen molar-refractivity contribution in [2.75, 3.05) is 39.9 Å². The summed E-state index contributed by atoms with van der Waals surface area (Å²) in [6.07, 6.45) is 2.15. The first-order valence-electron chi connectivity index (χ1n) is 7.41. The Morgan fingerprint density at radius 1 is 1.37 bits per heavy atom. The average Bonchev–Trinajstić information content (AvgIpc) is 2.46. The molecule has 19 heavy (non-hydrogen) atoms. The van der Waals surface area contributed by atoms with Crippen molar-refractivity contribution in [3.05, 3.63) is 0 Å². The Morgan fingerprint density at radius 2 is 2.05 bits per heavy atom. The first kappa shape index (κ1) is 14.8. The lowest BCUT2D eigenvalue weighted by molar-refractivity contribution is -0.138. The van der Waals surface area contributed by atoms with Gasteiger partial charge in [-0.3, -0.25) is 4.79 Å². The molecule has 2 saturated heterocycles. The van der Waals surface area contributed by atoms with Crippen molar-refractivity contribution in [1.82, 2.24) is 15.1 Å². The van der Waals surface area contributed by atoms with Gasteiger partial charge in [-0.05, 0) is 26.7 Å². The molecule has 0 aromatic rings. The first-order chi connectivity index (χ1) is 9.09. The minimum absolute atomic E-state index is 0.151. The number of nitrogens with zero attached hydrogens (tertiary/aromatic N) is 2. The molecule has 110 valence electrons. The predicted molar refractivity (Wildman–Crippen MR) is 75.1 cm³/mol. The summed E-state index contributed by atoms with van der Waals surface area (Å²) in [4.78, 5) is 16.8. The number of likely N-dealkylation sites (tertiary alicyclic amines) is 1. The highest BCUT2D eigenvalue weighted by atomic mass is 16.5. The summed E-state index contributed by atoms with van der Waals surface area (Å²) in [7, 11) is 1.94. The van der Waals surface area contributed by atoms with Crippen molar-refractivity contribution in [2.24, 2.45) is 0 Å². The molecule has 1 N–H and O–H groups in total. The summed E-state index contributed by atoms with van der Waals surface area (Å²) in [6, 6.07) is 0.837. The third-order valence-electron chi connectivity index (χ3n) is 4.34. The fraction of sp³-hybridized carbons (Fsp3) is 0.929. The van der Waals surface area contributed by atoms with Crippen LogP contribution >= 0.6 is 0 Å². The Bertz CT molecular complexity index is 295. The monoisotopic (exact) mass is 269 g/mol. The average molecular weight is 269 g/mol. The van der Waals surface area contributed by atoms with Crippen molar-refractivity contribution < 1.29 is 9.53 Å². The Morgan fingerprint density at radius 3 is 2.58 bits per heavy atom. The Hall–Kier alpha value is -0.650. The molecule has 0 bridgehead atoms. The van der Waals surface area contributed by atoms with Crippen molar-refractivity contribution in [1.29, 1.82) is 0 Å². The number of nitrogens with one attached hydrogen (secondary N) is 1. The number of piperidine rings is 1. The second-order valence-corrected chi connectivity index (χ2v) is 5.89. The molecule has 0 spiro atoms. The van der Waals surface area contributed by atoms with Crippen LogP contribution in [0.25, 0.3) is 0 Å². The molecular formula is C14H27N3O2. The van der Waals surface area contributed by atoms with Crippen LogP contribution in [0.4, 0.5) is 0 Å². The Labute approximate surface area is 116 Å². The number of rotatable bonds is 3. The van der Waals surface area contributed by atoms with Crippen LogP contribution in [0.2, 0.25) is 0 Å². The molecule has 2 aliphatic heterocycles. The normalized spacial score (nSPS) is 26.6. The van der Waals surface area contributed by atoms with Gasteiger partial charge in [-0.1, -0.05) is 0 Å². The van der Waals surface area contributed by atoms with E-state index in [1.54, 1.807) is 0 Å². The largest absolute Gasteiger partial charge is 0.378 e. The van der Waals surface area contributed by atoms with Crippen molar-refractivity contribution in [3.8, 4) is 0 Å². The van der Waals surface area contributed by atoms with E-state index in [-0.39, 0.29) is 11.9 Å². The van der Waals surface area contributed by atoms with E-state index in [1.807, 2.05) is 11.9 Å². The summed E-state index contributed by atoms with van der Waals surface area (Å²) in [5, 5.41) is 3.24. The standard InChI is InChI=1S/C14H27N3O2/c1-11(2)17-7-4-12(5-8-17)16(3)14(18)13-10-19-9-6-15-13/h11-13,15H,4-10H2,1-3H3. The number of hydrogen-bond donors (Lipinski definition) is 1. The zero-order chi connectivity index (χ0) is 13.8. The molecule has 0 radical (unpaired) electrons. The van der Waals surface area contributed by atoms with Gasteiger partial charge in [0.2, 0.25) is 5.91 Å². The molecule has 0 aliphatic carbocycles. The van der Waals surface area contributed by atoms with Gasteiger partial charge in [-0.2, -0.15) is 0 Å². The highest BCUT2D eigenvalue weighted by molar-refractivity contribution is 5.82. The molecule has 2 aliphatic rings. The fourth-order valence-electron chi connectivity index (χ4n) is 2.94. The van der Waals surface area contributed by atoms with Crippen LogP contribution in [0, 0.1) is 0 Å². The van der Waals surface area contributed by atoms with Crippen LogP contribution in [-0.4, -0.2) is 73.7 Å². The van der Waals surface area contributed by atoms with Gasteiger partial charge in [-0.25, -0.2) is 0 Å². The molecule has 1 amide bonds. The molecule has 5 heteroatoms. The van der Waals surface area contributed by atoms with Gasteiger partial charge >= 0.3 is 0 Å². The molecular weight excluding hydrogens is 242 g/mol. The second-order valence-electron chi connectivity index (χ2n) is 5.89. The van der Waals surface area contributed by atoms with Crippen molar-refractivity contribution in [2.45, 2.75) is 44.8 Å². The first-order valence-corrected chi connectivity index (χ1v) is 7.41. The maximum atomic E-state index is 12.4. The van der Waals surface area contributed by atoms with E-state index in [0.29, 0.717) is 25.3 Å². The minimum Gasteiger partial charge on any atom is -0.378 e. The van der Waals surface area contributed by atoms with Crippen LogP contribution in [0.3, 0.4) is 0 Å². The van der Waals surface area contributed by atoms with Gasteiger partial charge < -0.3 is 19.9 Å². The number of likely N-dealkylation sites (N-methyl/N-ethyl adjacent to an activating group) is 1. The molecule has 0 aromatic heterocycles. The summed E-state index contributed by atoms with van der Waals surface area (Å²) < 4.78 is 5.37. The number of carbonyl (C=O) groups excluding carboxylic acids is 1. The van der Waals surface area contributed by atoms with Gasteiger partial charge in [0.05, 0.1) is 13.2 Å². The third-order valence-corrected chi connectivity index (χ3v) is 4.34. The van der Waals surface area contributed by atoms with E-state index < -0.39 is 0 Å². The maximum absolute atomic E-state index is 12.4. The fourth-order valence-corrected chi connectivity index (χ4v) is 2.94. The lowest BCUT2D eigenvalue weighted by Crippen LogP contribution is -2.55. The van der Waals surface area contributed by atoms with E-state index in [9.17, 15) is 4.79 Å². The van der Waals surface area contributed by atoms with Crippen LogP contribution in [0.1, 0.15) is 26.7 Å². The van der Waals surface area contributed by atoms with E-state index in [4.69, 9.17) is 4.74 Å². The topological polar surface area (TPSA) is 44.8 Å². The molecule has 2 rings (SSSR count). The second kappa shape index (κ2) is 6.68. The molecule has 1 atom stereocenters. The number of hydrogen-bond acceptors (Lipinski definition) is 4. The van der Waals surface area contributed by atoms with E-state index in [1.165, 1.54) is 0 Å². The Balaban J connectivity index is 1.83. The molecule has 2 fully saturated rings. The number of carbonyl (C=O) groups is 1. The Kier molecular flexibility index (Phi) is 5.19. The van der Waals surface area contributed by atoms with Gasteiger partial charge in [-0.15, -0.1) is 0 Å². The van der Waals surface area contributed by atoms with E-state index in [2.05, 4.69) is 24.1 Å². The minimum atomic E-state index is -0.151. The lowest BCUT2D eigenvalue weighted by Gasteiger charge is -2.39. The third kappa shape index (κ3) is 3.68. The van der Waals surface area contributed by atoms with E-state index in [0.717, 1.165) is 32.5 Å².